The minimum Gasteiger partial charge on any atom is -0.449 e. The van der Waals surface area contributed by atoms with Crippen LogP contribution in [0.5, 0.6) is 0 Å². The van der Waals surface area contributed by atoms with Crippen LogP contribution in [0.1, 0.15) is 32.3 Å². The van der Waals surface area contributed by atoms with Crippen LogP contribution < -0.4 is 16.0 Å². The van der Waals surface area contributed by atoms with Gasteiger partial charge in [0.2, 0.25) is 0 Å². The Hall–Kier alpha value is -2.41. The second-order valence-corrected chi connectivity index (χ2v) is 10.9. The van der Waals surface area contributed by atoms with Gasteiger partial charge in [0.15, 0.2) is 19.5 Å². The number of benzene rings is 1. The summed E-state index contributed by atoms with van der Waals surface area (Å²) in [7, 11) is -1.27. The minimum absolute atomic E-state index is 0.290. The van der Waals surface area contributed by atoms with Crippen LogP contribution in [0.3, 0.4) is 0 Å². The van der Waals surface area contributed by atoms with E-state index in [1.165, 1.54) is 5.69 Å². The van der Waals surface area contributed by atoms with E-state index in [9.17, 15) is 4.79 Å². The quantitative estimate of drug-likeness (QED) is 0.293. The van der Waals surface area contributed by atoms with Crippen molar-refractivity contribution in [3.63, 3.8) is 0 Å². The number of carbonyl (C=O) groups is 1. The zero-order valence-corrected chi connectivity index (χ0v) is 23.6. The third kappa shape index (κ3) is 6.81. The molecule has 3 N–H and O–H groups in total. The summed E-state index contributed by atoms with van der Waals surface area (Å²) in [6.07, 6.45) is 4.81. The Kier molecular flexibility index (Phi) is 9.51. The highest BCUT2D eigenvalue weighted by atomic mass is 28.2. The summed E-state index contributed by atoms with van der Waals surface area (Å²) in [6.45, 7) is 10.7. The van der Waals surface area contributed by atoms with E-state index in [0.717, 1.165) is 31.5 Å². The number of rotatable bonds is 10. The van der Waals surface area contributed by atoms with E-state index in [2.05, 4.69) is 42.1 Å². The molecule has 0 radical (unpaired) electrons. The van der Waals surface area contributed by atoms with Crippen molar-refractivity contribution in [2.45, 2.75) is 51.5 Å². The Morgan fingerprint density at radius 3 is 2.44 bits per heavy atom. The van der Waals surface area contributed by atoms with Gasteiger partial charge in [-0.2, -0.15) is 0 Å². The van der Waals surface area contributed by atoms with Crippen LogP contribution in [0.2, 0.25) is 13.1 Å². The van der Waals surface area contributed by atoms with Gasteiger partial charge in [-0.1, -0.05) is 33.0 Å². The van der Waals surface area contributed by atoms with Crippen LogP contribution in [0.15, 0.2) is 42.7 Å². The Bertz CT molecular complexity index is 918. The maximum atomic E-state index is 12.5. The van der Waals surface area contributed by atoms with Crippen LogP contribution in [-0.2, 0) is 19.0 Å². The van der Waals surface area contributed by atoms with Gasteiger partial charge in [0.1, 0.15) is 6.29 Å². The lowest BCUT2D eigenvalue weighted by Gasteiger charge is -2.35. The van der Waals surface area contributed by atoms with Crippen LogP contribution in [0.4, 0.5) is 21.9 Å². The van der Waals surface area contributed by atoms with Gasteiger partial charge in [0.25, 0.3) is 0 Å². The van der Waals surface area contributed by atoms with Gasteiger partial charge in [-0.25, -0.2) is 4.79 Å². The summed E-state index contributed by atoms with van der Waals surface area (Å²) in [5, 5.41) is 2.83. The third-order valence-electron chi connectivity index (χ3n) is 6.35. The highest BCUT2D eigenvalue weighted by Gasteiger charge is 2.32. The first-order valence-corrected chi connectivity index (χ1v) is 16.0. The molecule has 1 aromatic carbocycles. The summed E-state index contributed by atoms with van der Waals surface area (Å²) in [5.41, 5.74) is 9.01. The van der Waals surface area contributed by atoms with E-state index < -0.39 is 25.6 Å². The summed E-state index contributed by atoms with van der Waals surface area (Å²) >= 11 is 0. The van der Waals surface area contributed by atoms with Crippen LogP contribution in [-0.4, -0.2) is 56.6 Å². The number of piperidine rings is 1. The number of nitrogens with two attached hydrogens (primary N) is 1. The predicted octanol–water partition coefficient (Wildman–Crippen LogP) is 3.03. The molecule has 10 heteroatoms. The maximum absolute atomic E-state index is 12.5. The topological polar surface area (TPSA) is 98.9 Å². The van der Waals surface area contributed by atoms with E-state index in [1.807, 2.05) is 42.7 Å². The molecule has 1 saturated heterocycles. The van der Waals surface area contributed by atoms with Gasteiger partial charge < -0.3 is 24.2 Å². The van der Waals surface area contributed by atoms with Crippen molar-refractivity contribution in [1.29, 1.82) is 0 Å². The smallest absolute Gasteiger partial charge is 0.411 e. The molecule has 1 fully saturated rings. The van der Waals surface area contributed by atoms with Gasteiger partial charge in [0, 0.05) is 36.6 Å². The summed E-state index contributed by atoms with van der Waals surface area (Å²) in [6, 6.07) is 9.73. The molecule has 0 spiro atoms. The molecule has 1 amide bonds. The number of aromatic nitrogens is 1. The van der Waals surface area contributed by atoms with Crippen molar-refractivity contribution in [1.82, 2.24) is 4.98 Å². The van der Waals surface area contributed by atoms with E-state index in [-0.39, 0.29) is 11.7 Å². The molecule has 8 nitrogen and oxygen atoms in total. The Labute approximate surface area is 207 Å². The molecule has 0 unspecified atom stereocenters. The van der Waals surface area contributed by atoms with Gasteiger partial charge >= 0.3 is 6.09 Å². The molecule has 0 saturated carbocycles. The molecule has 0 bridgehead atoms. The van der Waals surface area contributed by atoms with Crippen molar-refractivity contribution >= 4 is 42.7 Å². The maximum Gasteiger partial charge on any atom is 0.411 e. The molecule has 2 heterocycles. The van der Waals surface area contributed by atoms with E-state index in [1.54, 1.807) is 0 Å². The third-order valence-corrected chi connectivity index (χ3v) is 7.62. The van der Waals surface area contributed by atoms with Crippen molar-refractivity contribution in [2.75, 3.05) is 35.6 Å². The molecule has 1 aliphatic rings. The Morgan fingerprint density at radius 2 is 1.82 bits per heavy atom. The lowest BCUT2D eigenvalue weighted by Crippen LogP contribution is -2.39. The number of pyridine rings is 1. The fourth-order valence-corrected chi connectivity index (χ4v) is 6.04. The Morgan fingerprint density at radius 1 is 1.18 bits per heavy atom. The second kappa shape index (κ2) is 12.3. The zero-order chi connectivity index (χ0) is 24.6. The van der Waals surface area contributed by atoms with Crippen molar-refractivity contribution < 1.29 is 18.4 Å². The van der Waals surface area contributed by atoms with E-state index in [4.69, 9.17) is 19.3 Å². The van der Waals surface area contributed by atoms with Gasteiger partial charge in [-0.3, -0.25) is 10.3 Å². The van der Waals surface area contributed by atoms with Crippen LogP contribution in [0.25, 0.3) is 0 Å². The first kappa shape index (κ1) is 26.2. The molecule has 1 aliphatic heterocycles. The first-order valence-electron chi connectivity index (χ1n) is 12.1. The number of nitrogen functional groups attached to an aromatic ring is 1. The standard InChI is InChI=1S/C24H38N4O4Si2/c1-24(2,22(31-33-3)32-34-4)18-5-6-20(25)21(15-18)27-23(29)30-16-17-9-13-28(14-10-17)19-7-11-26-12-8-19/h5-8,11-12,15,17,22H,9-10,13-14,16,25,33-34H2,1-4H3,(H,27,29). The summed E-state index contributed by atoms with van der Waals surface area (Å²) < 4.78 is 17.6. The Balaban J connectivity index is 1.55. The lowest BCUT2D eigenvalue weighted by molar-refractivity contribution is -0.0432. The van der Waals surface area contributed by atoms with Crippen LogP contribution in [0, 0.1) is 5.92 Å². The fourth-order valence-electron chi connectivity index (χ4n) is 4.22. The number of amides is 1. The average Bonchev–Trinajstić information content (AvgIpc) is 2.84. The largest absolute Gasteiger partial charge is 0.449 e. The lowest BCUT2D eigenvalue weighted by atomic mass is 9.83. The monoisotopic (exact) mass is 502 g/mol. The molecule has 0 atom stereocenters. The summed E-state index contributed by atoms with van der Waals surface area (Å²) in [4.78, 5) is 19.0. The molecule has 0 aliphatic carbocycles. The minimum atomic E-state index is -0.633. The number of nitrogens with one attached hydrogen (secondary N) is 1. The van der Waals surface area contributed by atoms with Gasteiger partial charge in [-0.05, 0) is 48.6 Å². The zero-order valence-electron chi connectivity index (χ0n) is 20.8. The number of hydrogen-bond acceptors (Lipinski definition) is 7. The van der Waals surface area contributed by atoms with E-state index in [0.29, 0.717) is 23.9 Å². The highest BCUT2D eigenvalue weighted by Crippen LogP contribution is 2.33. The number of hydrogen-bond donors (Lipinski definition) is 2. The van der Waals surface area contributed by atoms with Gasteiger partial charge in [0.05, 0.1) is 18.0 Å². The van der Waals surface area contributed by atoms with Crippen molar-refractivity contribution in [2.24, 2.45) is 5.92 Å². The molecule has 34 heavy (non-hydrogen) atoms. The van der Waals surface area contributed by atoms with Crippen LogP contribution >= 0.6 is 0 Å². The molecule has 2 aromatic rings. The molecular weight excluding hydrogens is 464 g/mol. The number of ether oxygens (including phenoxy) is 1. The SMILES string of the molecule is C[SiH2]OC(O[SiH2]C)C(C)(C)c1ccc(N)c(NC(=O)OCC2CCN(c3ccncc3)CC2)c1. The predicted molar refractivity (Wildman–Crippen MR) is 143 cm³/mol. The number of anilines is 3. The average molecular weight is 503 g/mol. The molecule has 1 aromatic heterocycles. The number of nitrogens with zero attached hydrogens (tertiary/aromatic N) is 2. The molecule has 186 valence electrons. The summed E-state index contributed by atoms with van der Waals surface area (Å²) in [5.74, 6) is 0.345. The molecular formula is C24H38N4O4Si2. The second-order valence-electron chi connectivity index (χ2n) is 9.13. The fraction of sp³-hybridized carbons (Fsp3) is 0.500. The highest BCUT2D eigenvalue weighted by molar-refractivity contribution is 6.26. The first-order chi connectivity index (χ1) is 16.3. The molecule has 3 rings (SSSR count). The van der Waals surface area contributed by atoms with Crippen molar-refractivity contribution in [3.05, 3.63) is 48.3 Å². The van der Waals surface area contributed by atoms with Crippen molar-refractivity contribution in [3.8, 4) is 0 Å². The van der Waals surface area contributed by atoms with Gasteiger partial charge in [-0.15, -0.1) is 0 Å². The van der Waals surface area contributed by atoms with E-state index >= 15 is 0 Å². The normalized spacial score (nSPS) is 16.4. The number of carbonyl (C=O) groups excluding carboxylic acids is 1.